The molecule has 7 nitrogen and oxygen atoms in total. The number of amides is 1. The van der Waals surface area contributed by atoms with Crippen LogP contribution in [0, 0.1) is 0 Å². The molecule has 1 aliphatic rings. The maximum absolute atomic E-state index is 13.1. The molecule has 1 N–H and O–H groups in total. The van der Waals surface area contributed by atoms with Gasteiger partial charge >= 0.3 is 6.18 Å². The van der Waals surface area contributed by atoms with Crippen LogP contribution >= 0.6 is 23.2 Å². The van der Waals surface area contributed by atoms with Crippen molar-refractivity contribution in [3.05, 3.63) is 52.0 Å². The van der Waals surface area contributed by atoms with E-state index in [0.717, 1.165) is 6.07 Å². The molecule has 3 rings (SSSR count). The van der Waals surface area contributed by atoms with Gasteiger partial charge in [-0.05, 0) is 36.4 Å². The Labute approximate surface area is 192 Å². The summed E-state index contributed by atoms with van der Waals surface area (Å²) in [6.45, 7) is 0.334. The Kier molecular flexibility index (Phi) is 7.56. The zero-order valence-corrected chi connectivity index (χ0v) is 18.6. The smallest absolute Gasteiger partial charge is 0.418 e. The molecule has 0 unspecified atom stereocenters. The number of hydrogen-bond donors (Lipinski definition) is 1. The number of sulfonamides is 1. The predicted octanol–water partition coefficient (Wildman–Crippen LogP) is 4.05. The number of halogens is 5. The summed E-state index contributed by atoms with van der Waals surface area (Å²) in [5.74, 6) is -0.881. The molecule has 1 aliphatic heterocycles. The first kappa shape index (κ1) is 24.6. The zero-order valence-electron chi connectivity index (χ0n) is 16.3. The van der Waals surface area contributed by atoms with Gasteiger partial charge in [-0.2, -0.15) is 17.5 Å². The average molecular weight is 513 g/mol. The minimum Gasteiger partial charge on any atom is -0.482 e. The molecule has 0 aliphatic carbocycles. The van der Waals surface area contributed by atoms with Crippen LogP contribution in [0.25, 0.3) is 0 Å². The number of hydrogen-bond acceptors (Lipinski definition) is 5. The first-order chi connectivity index (χ1) is 15.0. The second-order valence-corrected chi connectivity index (χ2v) is 9.41. The molecule has 0 bridgehead atoms. The van der Waals surface area contributed by atoms with Crippen molar-refractivity contribution in [1.29, 1.82) is 0 Å². The lowest BCUT2D eigenvalue weighted by molar-refractivity contribution is -0.137. The van der Waals surface area contributed by atoms with Gasteiger partial charge in [0.1, 0.15) is 5.75 Å². The molecule has 0 spiro atoms. The molecule has 174 valence electrons. The Morgan fingerprint density at radius 1 is 1.12 bits per heavy atom. The number of carbonyl (C=O) groups is 1. The molecular weight excluding hydrogens is 496 g/mol. The molecule has 1 saturated heterocycles. The van der Waals surface area contributed by atoms with Crippen LogP contribution < -0.4 is 10.1 Å². The number of benzene rings is 2. The van der Waals surface area contributed by atoms with Crippen LogP contribution in [0.2, 0.25) is 10.0 Å². The van der Waals surface area contributed by atoms with Gasteiger partial charge in [0, 0.05) is 18.1 Å². The van der Waals surface area contributed by atoms with E-state index in [1.165, 1.54) is 28.6 Å². The van der Waals surface area contributed by atoms with Crippen LogP contribution in [-0.2, 0) is 25.7 Å². The van der Waals surface area contributed by atoms with Crippen molar-refractivity contribution in [1.82, 2.24) is 4.31 Å². The lowest BCUT2D eigenvalue weighted by Gasteiger charge is -2.26. The van der Waals surface area contributed by atoms with E-state index in [4.69, 9.17) is 32.7 Å². The Morgan fingerprint density at radius 2 is 1.81 bits per heavy atom. The van der Waals surface area contributed by atoms with Crippen molar-refractivity contribution < 1.29 is 35.9 Å². The average Bonchev–Trinajstić information content (AvgIpc) is 2.74. The third-order valence-corrected chi connectivity index (χ3v) is 6.86. The Hall–Kier alpha value is -2.05. The van der Waals surface area contributed by atoms with E-state index in [-0.39, 0.29) is 47.0 Å². The molecule has 2 aromatic carbocycles. The second kappa shape index (κ2) is 9.84. The Bertz CT molecular complexity index is 1110. The summed E-state index contributed by atoms with van der Waals surface area (Å²) in [6, 6.07) is 6.65. The standard InChI is InChI=1S/C19H17Cl2F3N2O5S/c20-12-1-3-16(14(9-12)19(22,23)24)25-18(27)11-31-17-4-2-13(10-15(17)21)32(28,29)26-5-7-30-8-6-26/h1-4,9-10H,5-8,11H2,(H,25,27). The quantitative estimate of drug-likeness (QED) is 0.630. The molecule has 0 radical (unpaired) electrons. The number of morpholine rings is 1. The van der Waals surface area contributed by atoms with Gasteiger partial charge in [0.2, 0.25) is 10.0 Å². The van der Waals surface area contributed by atoms with E-state index < -0.39 is 40.0 Å². The number of anilines is 1. The molecule has 0 aromatic heterocycles. The zero-order chi connectivity index (χ0) is 23.5. The molecular formula is C19H17Cl2F3N2O5S. The van der Waals surface area contributed by atoms with E-state index in [9.17, 15) is 26.4 Å². The summed E-state index contributed by atoms with van der Waals surface area (Å²) < 4.78 is 76.4. The molecule has 0 saturated carbocycles. The highest BCUT2D eigenvalue weighted by atomic mass is 35.5. The van der Waals surface area contributed by atoms with Crippen LogP contribution in [0.5, 0.6) is 5.75 Å². The van der Waals surface area contributed by atoms with Crippen LogP contribution in [0.1, 0.15) is 5.56 Å². The fourth-order valence-corrected chi connectivity index (χ4v) is 4.79. The third-order valence-electron chi connectivity index (χ3n) is 4.43. The van der Waals surface area contributed by atoms with Gasteiger partial charge < -0.3 is 14.8 Å². The number of rotatable bonds is 6. The van der Waals surface area contributed by atoms with Crippen LogP contribution in [-0.4, -0.2) is 51.5 Å². The summed E-state index contributed by atoms with van der Waals surface area (Å²) in [6.07, 6.45) is -4.72. The summed E-state index contributed by atoms with van der Waals surface area (Å²) >= 11 is 11.7. The maximum Gasteiger partial charge on any atom is 0.418 e. The van der Waals surface area contributed by atoms with E-state index >= 15 is 0 Å². The molecule has 0 atom stereocenters. The first-order valence-electron chi connectivity index (χ1n) is 9.15. The summed E-state index contributed by atoms with van der Waals surface area (Å²) in [7, 11) is -3.78. The monoisotopic (exact) mass is 512 g/mol. The van der Waals surface area contributed by atoms with Crippen molar-refractivity contribution in [2.45, 2.75) is 11.1 Å². The number of nitrogens with zero attached hydrogens (tertiary/aromatic N) is 1. The summed E-state index contributed by atoms with van der Waals surface area (Å²) in [5, 5.41) is 1.90. The highest BCUT2D eigenvalue weighted by molar-refractivity contribution is 7.89. The van der Waals surface area contributed by atoms with Gasteiger partial charge in [-0.15, -0.1) is 0 Å². The SMILES string of the molecule is O=C(COc1ccc(S(=O)(=O)N2CCOCC2)cc1Cl)Nc1ccc(Cl)cc1C(F)(F)F. The van der Waals surface area contributed by atoms with Gasteiger partial charge in [-0.1, -0.05) is 23.2 Å². The molecule has 13 heteroatoms. The largest absolute Gasteiger partial charge is 0.482 e. The van der Waals surface area contributed by atoms with Gasteiger partial charge in [0.15, 0.2) is 6.61 Å². The molecule has 1 amide bonds. The highest BCUT2D eigenvalue weighted by Crippen LogP contribution is 2.36. The number of ether oxygens (including phenoxy) is 2. The van der Waals surface area contributed by atoms with E-state index in [1.54, 1.807) is 0 Å². The Balaban J connectivity index is 1.67. The molecule has 1 heterocycles. The van der Waals surface area contributed by atoms with E-state index in [0.29, 0.717) is 6.07 Å². The number of carbonyl (C=O) groups excluding carboxylic acids is 1. The van der Waals surface area contributed by atoms with Crippen LogP contribution in [0.4, 0.5) is 18.9 Å². The fourth-order valence-electron chi connectivity index (χ4n) is 2.88. The number of alkyl halides is 3. The highest BCUT2D eigenvalue weighted by Gasteiger charge is 2.34. The van der Waals surface area contributed by atoms with Gasteiger partial charge in [0.25, 0.3) is 5.91 Å². The second-order valence-electron chi connectivity index (χ2n) is 6.63. The molecule has 32 heavy (non-hydrogen) atoms. The lowest BCUT2D eigenvalue weighted by Crippen LogP contribution is -2.40. The lowest BCUT2D eigenvalue weighted by atomic mass is 10.1. The van der Waals surface area contributed by atoms with E-state index in [2.05, 4.69) is 5.32 Å². The Morgan fingerprint density at radius 3 is 2.44 bits per heavy atom. The van der Waals surface area contributed by atoms with Crippen LogP contribution in [0.3, 0.4) is 0 Å². The minimum atomic E-state index is -4.72. The topological polar surface area (TPSA) is 84.9 Å². The number of nitrogens with one attached hydrogen (secondary N) is 1. The van der Waals surface area contributed by atoms with Gasteiger partial charge in [-0.25, -0.2) is 8.42 Å². The van der Waals surface area contributed by atoms with Crippen molar-refractivity contribution >= 4 is 44.8 Å². The van der Waals surface area contributed by atoms with Crippen molar-refractivity contribution in [3.8, 4) is 5.75 Å². The predicted molar refractivity (Wildman–Crippen MR) is 112 cm³/mol. The van der Waals surface area contributed by atoms with Crippen molar-refractivity contribution in [2.24, 2.45) is 0 Å². The fraction of sp³-hybridized carbons (Fsp3) is 0.316. The van der Waals surface area contributed by atoms with E-state index in [1.807, 2.05) is 0 Å². The van der Waals surface area contributed by atoms with Gasteiger partial charge in [-0.3, -0.25) is 4.79 Å². The van der Waals surface area contributed by atoms with Crippen LogP contribution in [0.15, 0.2) is 41.3 Å². The summed E-state index contributed by atoms with van der Waals surface area (Å²) in [4.78, 5) is 12.0. The molecule has 1 fully saturated rings. The third kappa shape index (κ3) is 5.84. The van der Waals surface area contributed by atoms with Gasteiger partial charge in [0.05, 0.1) is 34.4 Å². The van der Waals surface area contributed by atoms with Crippen molar-refractivity contribution in [3.63, 3.8) is 0 Å². The first-order valence-corrected chi connectivity index (χ1v) is 11.3. The van der Waals surface area contributed by atoms with Crippen molar-refractivity contribution in [2.75, 3.05) is 38.2 Å². The maximum atomic E-state index is 13.1. The minimum absolute atomic E-state index is 0.00473. The molecule has 2 aromatic rings. The normalized spacial score (nSPS) is 15.4. The summed E-state index contributed by atoms with van der Waals surface area (Å²) in [5.41, 5.74) is -1.58.